The second kappa shape index (κ2) is 3.70. The smallest absolute Gasteiger partial charge is 0.0305 e. The molecule has 0 bridgehead atoms. The Bertz CT molecular complexity index is 322. The van der Waals surface area contributed by atoms with Gasteiger partial charge in [0.25, 0.3) is 0 Å². The first kappa shape index (κ1) is 9.66. The molecule has 0 aliphatic heterocycles. The Morgan fingerprint density at radius 1 is 1.43 bits per heavy atom. The van der Waals surface area contributed by atoms with E-state index < -0.39 is 0 Å². The molecule has 1 fully saturated rings. The number of hydrogen-bond donors (Lipinski definition) is 1. The van der Waals surface area contributed by atoms with Gasteiger partial charge in [-0.2, -0.15) is 0 Å². The van der Waals surface area contributed by atoms with Gasteiger partial charge in [0.15, 0.2) is 0 Å². The number of hydrogen-bond acceptors (Lipinski definition) is 2. The van der Waals surface area contributed by atoms with Crippen LogP contribution < -0.4 is 5.73 Å². The maximum atomic E-state index is 6.04. The van der Waals surface area contributed by atoms with E-state index in [0.29, 0.717) is 17.9 Å². The van der Waals surface area contributed by atoms with E-state index in [-0.39, 0.29) is 0 Å². The van der Waals surface area contributed by atoms with E-state index in [1.165, 1.54) is 17.5 Å². The molecule has 1 heterocycles. The van der Waals surface area contributed by atoms with Crippen molar-refractivity contribution in [3.63, 3.8) is 0 Å². The lowest BCUT2D eigenvalue weighted by Crippen LogP contribution is -2.24. The van der Waals surface area contributed by atoms with Gasteiger partial charge < -0.3 is 5.73 Å². The fraction of sp³-hybridized carbons (Fsp3) is 0.583. The average molecular weight is 190 g/mol. The maximum Gasteiger partial charge on any atom is 0.0305 e. The van der Waals surface area contributed by atoms with Gasteiger partial charge in [-0.15, -0.1) is 0 Å². The van der Waals surface area contributed by atoms with Crippen LogP contribution in [0.3, 0.4) is 0 Å². The van der Waals surface area contributed by atoms with E-state index in [2.05, 4.69) is 24.9 Å². The van der Waals surface area contributed by atoms with Crippen molar-refractivity contribution in [2.45, 2.75) is 38.6 Å². The number of pyridine rings is 1. The lowest BCUT2D eigenvalue weighted by molar-refractivity contribution is 0.477. The monoisotopic (exact) mass is 190 g/mol. The highest BCUT2D eigenvalue weighted by molar-refractivity contribution is 5.27. The predicted molar refractivity (Wildman–Crippen MR) is 58.1 cm³/mol. The molecule has 2 heteroatoms. The Morgan fingerprint density at radius 3 is 2.79 bits per heavy atom. The van der Waals surface area contributed by atoms with Crippen LogP contribution in [0.15, 0.2) is 18.5 Å². The zero-order chi connectivity index (χ0) is 10.1. The second-order valence-corrected chi connectivity index (χ2v) is 4.44. The van der Waals surface area contributed by atoms with Crippen molar-refractivity contribution >= 4 is 0 Å². The van der Waals surface area contributed by atoms with Gasteiger partial charge in [0.1, 0.15) is 0 Å². The van der Waals surface area contributed by atoms with Crippen LogP contribution in [0.1, 0.15) is 36.8 Å². The van der Waals surface area contributed by atoms with Crippen LogP contribution in [-0.4, -0.2) is 11.0 Å². The van der Waals surface area contributed by atoms with Crippen LogP contribution in [0.25, 0.3) is 0 Å². The molecule has 0 aromatic carbocycles. The van der Waals surface area contributed by atoms with Crippen molar-refractivity contribution in [1.82, 2.24) is 4.98 Å². The summed E-state index contributed by atoms with van der Waals surface area (Å²) in [4.78, 5) is 4.21. The molecule has 2 rings (SSSR count). The fourth-order valence-electron chi connectivity index (χ4n) is 2.50. The van der Waals surface area contributed by atoms with Crippen LogP contribution in [0.2, 0.25) is 0 Å². The Hall–Kier alpha value is -0.890. The van der Waals surface area contributed by atoms with E-state index in [1.54, 1.807) is 0 Å². The van der Waals surface area contributed by atoms with Crippen molar-refractivity contribution in [2.75, 3.05) is 0 Å². The third kappa shape index (κ3) is 1.55. The summed E-state index contributed by atoms with van der Waals surface area (Å²) >= 11 is 0. The lowest BCUT2D eigenvalue weighted by atomic mass is 9.88. The minimum absolute atomic E-state index is 0.375. The molecule has 76 valence electrons. The van der Waals surface area contributed by atoms with Crippen molar-refractivity contribution in [1.29, 1.82) is 0 Å². The molecule has 14 heavy (non-hydrogen) atoms. The lowest BCUT2D eigenvalue weighted by Gasteiger charge is -2.19. The minimum Gasteiger partial charge on any atom is -0.327 e. The molecule has 0 radical (unpaired) electrons. The summed E-state index contributed by atoms with van der Waals surface area (Å²) in [7, 11) is 0. The van der Waals surface area contributed by atoms with Gasteiger partial charge in [0, 0.05) is 18.4 Å². The van der Waals surface area contributed by atoms with Crippen LogP contribution >= 0.6 is 0 Å². The van der Waals surface area contributed by atoms with Gasteiger partial charge in [0.2, 0.25) is 0 Å². The predicted octanol–water partition coefficient (Wildman–Crippen LogP) is 2.23. The van der Waals surface area contributed by atoms with Crippen LogP contribution in [-0.2, 0) is 0 Å². The quantitative estimate of drug-likeness (QED) is 0.737. The Labute approximate surface area is 85.5 Å². The van der Waals surface area contributed by atoms with Gasteiger partial charge >= 0.3 is 0 Å². The van der Waals surface area contributed by atoms with Crippen LogP contribution in [0.5, 0.6) is 0 Å². The second-order valence-electron chi connectivity index (χ2n) is 4.44. The molecule has 1 saturated carbocycles. The van der Waals surface area contributed by atoms with Gasteiger partial charge in [-0.25, -0.2) is 0 Å². The van der Waals surface area contributed by atoms with E-state index in [1.807, 2.05) is 12.4 Å². The Kier molecular flexibility index (Phi) is 2.55. The average Bonchev–Trinajstić information content (AvgIpc) is 2.49. The maximum absolute atomic E-state index is 6.04. The molecular formula is C12H18N2. The van der Waals surface area contributed by atoms with Crippen LogP contribution in [0, 0.1) is 12.8 Å². The molecule has 3 atom stereocenters. The number of rotatable bonds is 1. The molecule has 1 aromatic heterocycles. The molecule has 1 aliphatic rings. The Morgan fingerprint density at radius 2 is 2.21 bits per heavy atom. The van der Waals surface area contributed by atoms with Crippen LogP contribution in [0.4, 0.5) is 0 Å². The first-order chi connectivity index (χ1) is 6.70. The SMILES string of the molecule is Cc1ccncc1C1CCC(N)C1C. The van der Waals surface area contributed by atoms with E-state index in [9.17, 15) is 0 Å². The molecule has 0 spiro atoms. The Balaban J connectivity index is 2.28. The molecule has 0 saturated heterocycles. The van der Waals surface area contributed by atoms with Crippen molar-refractivity contribution < 1.29 is 0 Å². The summed E-state index contributed by atoms with van der Waals surface area (Å²) in [6.45, 7) is 4.42. The summed E-state index contributed by atoms with van der Waals surface area (Å²) in [5.41, 5.74) is 8.78. The molecule has 3 unspecified atom stereocenters. The van der Waals surface area contributed by atoms with Crippen molar-refractivity contribution in [2.24, 2.45) is 11.7 Å². The highest BCUT2D eigenvalue weighted by Gasteiger charge is 2.31. The molecule has 2 N–H and O–H groups in total. The van der Waals surface area contributed by atoms with Gasteiger partial charge in [-0.3, -0.25) is 4.98 Å². The molecule has 1 aliphatic carbocycles. The van der Waals surface area contributed by atoms with Gasteiger partial charge in [0.05, 0.1) is 0 Å². The van der Waals surface area contributed by atoms with E-state index in [4.69, 9.17) is 5.73 Å². The van der Waals surface area contributed by atoms with E-state index >= 15 is 0 Å². The number of nitrogens with two attached hydrogens (primary N) is 1. The largest absolute Gasteiger partial charge is 0.327 e. The summed E-state index contributed by atoms with van der Waals surface area (Å²) in [5.74, 6) is 1.22. The van der Waals surface area contributed by atoms with E-state index in [0.717, 1.165) is 6.42 Å². The van der Waals surface area contributed by atoms with Gasteiger partial charge in [-0.1, -0.05) is 6.92 Å². The van der Waals surface area contributed by atoms with Gasteiger partial charge in [-0.05, 0) is 48.8 Å². The fourth-order valence-corrected chi connectivity index (χ4v) is 2.50. The standard InChI is InChI=1S/C12H18N2/c1-8-5-6-14-7-11(8)10-3-4-12(13)9(10)2/h5-7,9-10,12H,3-4,13H2,1-2H3. The summed E-state index contributed by atoms with van der Waals surface area (Å²) < 4.78 is 0. The summed E-state index contributed by atoms with van der Waals surface area (Å²) in [5, 5.41) is 0. The summed E-state index contributed by atoms with van der Waals surface area (Å²) in [6.07, 6.45) is 6.24. The molecule has 1 aromatic rings. The molecule has 2 nitrogen and oxygen atoms in total. The molecule has 0 amide bonds. The minimum atomic E-state index is 0.375. The third-order valence-electron chi connectivity index (χ3n) is 3.60. The normalized spacial score (nSPS) is 32.1. The highest BCUT2D eigenvalue weighted by atomic mass is 14.7. The zero-order valence-corrected chi connectivity index (χ0v) is 8.90. The highest BCUT2D eigenvalue weighted by Crippen LogP contribution is 2.39. The van der Waals surface area contributed by atoms with Crippen molar-refractivity contribution in [3.8, 4) is 0 Å². The number of nitrogens with zero attached hydrogens (tertiary/aromatic N) is 1. The third-order valence-corrected chi connectivity index (χ3v) is 3.60. The van der Waals surface area contributed by atoms with Crippen molar-refractivity contribution in [3.05, 3.63) is 29.6 Å². The first-order valence-electron chi connectivity index (χ1n) is 5.36. The zero-order valence-electron chi connectivity index (χ0n) is 8.90. The topological polar surface area (TPSA) is 38.9 Å². The summed E-state index contributed by atoms with van der Waals surface area (Å²) in [6, 6.07) is 2.46. The molecular weight excluding hydrogens is 172 g/mol. The number of aromatic nitrogens is 1. The number of aryl methyl sites for hydroxylation is 1. The first-order valence-corrected chi connectivity index (χ1v) is 5.36.